The van der Waals surface area contributed by atoms with E-state index in [4.69, 9.17) is 0 Å². The van der Waals surface area contributed by atoms with Crippen LogP contribution in [0.15, 0.2) is 75.1 Å². The van der Waals surface area contributed by atoms with Crippen LogP contribution in [0.5, 0.6) is 0 Å². The second kappa shape index (κ2) is 8.04. The summed E-state index contributed by atoms with van der Waals surface area (Å²) < 4.78 is 0. The van der Waals surface area contributed by atoms with Crippen LogP contribution in [0.25, 0.3) is 0 Å². The fourth-order valence-electron chi connectivity index (χ4n) is 2.75. The van der Waals surface area contributed by atoms with E-state index < -0.39 is 0 Å². The van der Waals surface area contributed by atoms with Crippen LogP contribution in [0.3, 0.4) is 0 Å². The van der Waals surface area contributed by atoms with Crippen molar-refractivity contribution < 1.29 is 0 Å². The number of rotatable bonds is 4. The Hall–Kier alpha value is -3.14. The van der Waals surface area contributed by atoms with Crippen molar-refractivity contribution in [1.29, 1.82) is 0 Å². The standard InChI is InChI=1S/C23H24N4/c1-15-6-9-20(10-7-15)24-26-22-13-19(5)23(14-18(22)4)27-25-21-11-8-16(2)12-17(21)3/h6-14H,1-5H3. The SMILES string of the molecule is Cc1ccc(N=Nc2cc(C)c(N=Nc3ccc(C)cc3C)cc2C)cc1. The molecule has 27 heavy (non-hydrogen) atoms. The fourth-order valence-corrected chi connectivity index (χ4v) is 2.75. The molecule has 4 heteroatoms. The first kappa shape index (κ1) is 18.6. The molecule has 0 saturated carbocycles. The van der Waals surface area contributed by atoms with Gasteiger partial charge in [0, 0.05) is 0 Å². The van der Waals surface area contributed by atoms with Crippen LogP contribution < -0.4 is 0 Å². The Balaban J connectivity index is 1.84. The Morgan fingerprint density at radius 3 is 1.52 bits per heavy atom. The van der Waals surface area contributed by atoms with Gasteiger partial charge in [-0.15, -0.1) is 0 Å². The number of aryl methyl sites for hydroxylation is 5. The zero-order chi connectivity index (χ0) is 19.4. The van der Waals surface area contributed by atoms with Gasteiger partial charge >= 0.3 is 0 Å². The van der Waals surface area contributed by atoms with Crippen molar-refractivity contribution in [2.45, 2.75) is 34.6 Å². The average Bonchev–Trinajstić information content (AvgIpc) is 2.63. The van der Waals surface area contributed by atoms with Gasteiger partial charge in [-0.25, -0.2) is 0 Å². The van der Waals surface area contributed by atoms with Crippen LogP contribution in [-0.4, -0.2) is 0 Å². The summed E-state index contributed by atoms with van der Waals surface area (Å²) in [5.41, 5.74) is 9.02. The first-order valence-electron chi connectivity index (χ1n) is 9.01. The van der Waals surface area contributed by atoms with Crippen molar-refractivity contribution in [3.63, 3.8) is 0 Å². The van der Waals surface area contributed by atoms with Crippen molar-refractivity contribution in [1.82, 2.24) is 0 Å². The topological polar surface area (TPSA) is 49.4 Å². The van der Waals surface area contributed by atoms with Gasteiger partial charge < -0.3 is 0 Å². The van der Waals surface area contributed by atoms with Crippen LogP contribution in [0.2, 0.25) is 0 Å². The molecule has 0 spiro atoms. The highest BCUT2D eigenvalue weighted by Crippen LogP contribution is 2.31. The summed E-state index contributed by atoms with van der Waals surface area (Å²) in [6.45, 7) is 10.2. The van der Waals surface area contributed by atoms with Crippen LogP contribution in [-0.2, 0) is 0 Å². The molecule has 0 aliphatic rings. The summed E-state index contributed by atoms with van der Waals surface area (Å²) in [7, 11) is 0. The van der Waals surface area contributed by atoms with Crippen molar-refractivity contribution in [3.8, 4) is 0 Å². The van der Waals surface area contributed by atoms with E-state index in [0.717, 1.165) is 39.4 Å². The Kier molecular flexibility index (Phi) is 5.55. The molecule has 0 aliphatic heterocycles. The summed E-state index contributed by atoms with van der Waals surface area (Å²) >= 11 is 0. The molecule has 0 radical (unpaired) electrons. The largest absolute Gasteiger partial charge is 0.151 e. The predicted molar refractivity (Wildman–Crippen MR) is 111 cm³/mol. The highest BCUT2D eigenvalue weighted by molar-refractivity contribution is 5.59. The molecule has 4 nitrogen and oxygen atoms in total. The van der Waals surface area contributed by atoms with E-state index in [1.807, 2.05) is 69.3 Å². The minimum absolute atomic E-state index is 0.844. The van der Waals surface area contributed by atoms with Crippen molar-refractivity contribution >= 4 is 22.7 Å². The average molecular weight is 356 g/mol. The summed E-state index contributed by atoms with van der Waals surface area (Å²) in [6, 6.07) is 18.2. The number of nitrogens with zero attached hydrogens (tertiary/aromatic N) is 4. The number of azo groups is 2. The molecular weight excluding hydrogens is 332 g/mol. The Labute approximate surface area is 160 Å². The second-order valence-electron chi connectivity index (χ2n) is 6.95. The van der Waals surface area contributed by atoms with E-state index in [-0.39, 0.29) is 0 Å². The van der Waals surface area contributed by atoms with Gasteiger partial charge in [-0.05, 0) is 81.6 Å². The van der Waals surface area contributed by atoms with E-state index >= 15 is 0 Å². The zero-order valence-corrected chi connectivity index (χ0v) is 16.5. The first-order valence-corrected chi connectivity index (χ1v) is 9.01. The summed E-state index contributed by atoms with van der Waals surface area (Å²) in [5, 5.41) is 17.6. The van der Waals surface area contributed by atoms with E-state index in [9.17, 15) is 0 Å². The van der Waals surface area contributed by atoms with Crippen LogP contribution in [0.1, 0.15) is 27.8 Å². The molecular formula is C23H24N4. The van der Waals surface area contributed by atoms with Gasteiger partial charge in [-0.1, -0.05) is 35.4 Å². The molecule has 3 rings (SSSR count). The van der Waals surface area contributed by atoms with Gasteiger partial charge in [0.2, 0.25) is 0 Å². The van der Waals surface area contributed by atoms with Gasteiger partial charge in [-0.2, -0.15) is 20.5 Å². The van der Waals surface area contributed by atoms with Gasteiger partial charge in [-0.3, -0.25) is 0 Å². The fraction of sp³-hybridized carbons (Fsp3) is 0.217. The van der Waals surface area contributed by atoms with Crippen LogP contribution in [0, 0.1) is 34.6 Å². The molecule has 0 bridgehead atoms. The molecule has 0 atom stereocenters. The Morgan fingerprint density at radius 2 is 0.926 bits per heavy atom. The van der Waals surface area contributed by atoms with E-state index in [0.29, 0.717) is 0 Å². The third-order valence-electron chi connectivity index (χ3n) is 4.44. The van der Waals surface area contributed by atoms with Crippen molar-refractivity contribution in [2.75, 3.05) is 0 Å². The lowest BCUT2D eigenvalue weighted by Crippen LogP contribution is -1.80. The maximum Gasteiger partial charge on any atom is 0.0890 e. The second-order valence-corrected chi connectivity index (χ2v) is 6.95. The third kappa shape index (κ3) is 4.73. The number of benzene rings is 3. The predicted octanol–water partition coefficient (Wildman–Crippen LogP) is 8.06. The lowest BCUT2D eigenvalue weighted by Gasteiger charge is -2.05. The van der Waals surface area contributed by atoms with Crippen molar-refractivity contribution in [2.24, 2.45) is 20.5 Å². The number of hydrogen-bond acceptors (Lipinski definition) is 4. The van der Waals surface area contributed by atoms with Gasteiger partial charge in [0.25, 0.3) is 0 Å². The summed E-state index contributed by atoms with van der Waals surface area (Å²) in [4.78, 5) is 0. The van der Waals surface area contributed by atoms with Crippen LogP contribution in [0.4, 0.5) is 22.7 Å². The van der Waals surface area contributed by atoms with Crippen molar-refractivity contribution in [3.05, 3.63) is 82.4 Å². The molecule has 0 fully saturated rings. The van der Waals surface area contributed by atoms with Gasteiger partial charge in [0.05, 0.1) is 22.7 Å². The third-order valence-corrected chi connectivity index (χ3v) is 4.44. The highest BCUT2D eigenvalue weighted by atomic mass is 15.1. The molecule has 0 aromatic heterocycles. The molecule has 0 heterocycles. The number of hydrogen-bond donors (Lipinski definition) is 0. The minimum Gasteiger partial charge on any atom is -0.151 e. The Bertz CT molecular complexity index is 1020. The molecule has 3 aromatic carbocycles. The molecule has 3 aromatic rings. The molecule has 136 valence electrons. The summed E-state index contributed by atoms with van der Waals surface area (Å²) in [6.07, 6.45) is 0. The first-order chi connectivity index (χ1) is 12.9. The smallest absolute Gasteiger partial charge is 0.0890 e. The lowest BCUT2D eigenvalue weighted by atomic mass is 10.1. The maximum atomic E-state index is 4.45. The van der Waals surface area contributed by atoms with E-state index in [2.05, 4.69) is 40.4 Å². The molecule has 0 aliphatic carbocycles. The summed E-state index contributed by atoms with van der Waals surface area (Å²) in [5.74, 6) is 0. The Morgan fingerprint density at radius 1 is 0.444 bits per heavy atom. The minimum atomic E-state index is 0.844. The van der Waals surface area contributed by atoms with Gasteiger partial charge in [0.15, 0.2) is 0 Å². The van der Waals surface area contributed by atoms with Gasteiger partial charge in [0.1, 0.15) is 0 Å². The zero-order valence-electron chi connectivity index (χ0n) is 16.5. The maximum absolute atomic E-state index is 4.45. The normalized spacial score (nSPS) is 11.6. The highest BCUT2D eigenvalue weighted by Gasteiger charge is 2.05. The van der Waals surface area contributed by atoms with E-state index in [1.54, 1.807) is 0 Å². The molecule has 0 saturated heterocycles. The quantitative estimate of drug-likeness (QED) is 0.424. The molecule has 0 amide bonds. The van der Waals surface area contributed by atoms with E-state index in [1.165, 1.54) is 11.1 Å². The monoisotopic (exact) mass is 356 g/mol. The molecule has 0 N–H and O–H groups in total. The molecule has 0 unspecified atom stereocenters. The van der Waals surface area contributed by atoms with Crippen LogP contribution >= 0.6 is 0 Å². The lowest BCUT2D eigenvalue weighted by molar-refractivity contribution is 1.16.